The molecule has 0 aromatic carbocycles. The number of fused-ring (bicyclic) bond motifs is 1. The number of Topliss-reactive ketones (excluding diaryl/α,β-unsaturated/α-hetero) is 2. The summed E-state index contributed by atoms with van der Waals surface area (Å²) in [5.74, 6) is 1.45. The van der Waals surface area contributed by atoms with Crippen molar-refractivity contribution in [1.29, 1.82) is 0 Å². The smallest absolute Gasteiger partial charge is 0.162 e. The average Bonchev–Trinajstić information content (AvgIpc) is 3.15. The highest BCUT2D eigenvalue weighted by Crippen LogP contribution is 2.73. The number of piperidine rings is 1. The zero-order valence-corrected chi connectivity index (χ0v) is 15.2. The second-order valence-corrected chi connectivity index (χ2v) is 10.1. The van der Waals surface area contributed by atoms with Crippen molar-refractivity contribution in [2.75, 3.05) is 13.1 Å². The van der Waals surface area contributed by atoms with Crippen molar-refractivity contribution in [2.24, 2.45) is 28.6 Å². The van der Waals surface area contributed by atoms with E-state index in [-0.39, 0.29) is 23.5 Å². The first-order valence-corrected chi connectivity index (χ1v) is 10.1. The van der Waals surface area contributed by atoms with E-state index < -0.39 is 11.0 Å². The van der Waals surface area contributed by atoms with E-state index in [9.17, 15) is 14.7 Å². The van der Waals surface area contributed by atoms with Crippen LogP contribution < -0.4 is 0 Å². The first-order chi connectivity index (χ1) is 11.8. The predicted octanol–water partition coefficient (Wildman–Crippen LogP) is 2.11. The van der Waals surface area contributed by atoms with Gasteiger partial charge in [0.2, 0.25) is 0 Å². The zero-order valence-electron chi connectivity index (χ0n) is 15.2. The molecule has 6 rings (SSSR count). The Kier molecular flexibility index (Phi) is 2.49. The first kappa shape index (κ1) is 15.1. The Hall–Kier alpha value is -1.00. The van der Waals surface area contributed by atoms with Crippen molar-refractivity contribution >= 4 is 11.6 Å². The molecule has 7 atom stereocenters. The van der Waals surface area contributed by atoms with Crippen LogP contribution in [0.3, 0.4) is 0 Å². The molecule has 1 N–H and O–H groups in total. The van der Waals surface area contributed by atoms with Gasteiger partial charge >= 0.3 is 0 Å². The lowest BCUT2D eigenvalue weighted by Gasteiger charge is -2.60. The fraction of sp³-hybridized carbons (Fsp3) is 0.810. The Morgan fingerprint density at radius 1 is 1.20 bits per heavy atom. The lowest BCUT2D eigenvalue weighted by molar-refractivity contribution is -0.159. The van der Waals surface area contributed by atoms with Gasteiger partial charge in [0.05, 0.1) is 11.0 Å². The number of carbonyl (C=O) groups excluding carboxylic acids is 2. The molecule has 6 aliphatic rings. The maximum absolute atomic E-state index is 14.0. The fourth-order valence-electron chi connectivity index (χ4n) is 8.44. The lowest BCUT2D eigenvalue weighted by atomic mass is 9.45. The summed E-state index contributed by atoms with van der Waals surface area (Å²) in [5, 5.41) is 11.5. The van der Waals surface area contributed by atoms with Crippen LogP contribution in [0.1, 0.15) is 52.4 Å². The van der Waals surface area contributed by atoms with E-state index in [0.29, 0.717) is 36.5 Å². The molecule has 0 aromatic rings. The van der Waals surface area contributed by atoms with Gasteiger partial charge in [-0.05, 0) is 55.1 Å². The van der Waals surface area contributed by atoms with Crippen LogP contribution in [-0.2, 0) is 9.59 Å². The van der Waals surface area contributed by atoms with Crippen LogP contribution in [0, 0.1) is 28.6 Å². The van der Waals surface area contributed by atoms with Gasteiger partial charge < -0.3 is 5.11 Å². The molecular formula is C21H27NO3. The number of nitrogens with zero attached hydrogens (tertiary/aromatic N) is 1. The Labute approximate surface area is 148 Å². The summed E-state index contributed by atoms with van der Waals surface area (Å²) in [4.78, 5) is 29.3. The normalized spacial score (nSPS) is 56.4. The van der Waals surface area contributed by atoms with E-state index in [2.05, 4.69) is 18.7 Å². The van der Waals surface area contributed by atoms with Crippen molar-refractivity contribution in [3.05, 3.63) is 11.1 Å². The standard InChI is InChI=1S/C21H27NO3/c1-11-9-22-10-12-3-5-20(25)8-15(23)13-4-6-21(17(13)20)18(24)14(11)7-16(22)19(12,21)2/h11-12,14,16,25H,3-10H2,1-2H3/t11-,12-,14-,16-,19-,20+,21+/m1/s1. The number of carbonyl (C=O) groups is 2. The Morgan fingerprint density at radius 3 is 2.80 bits per heavy atom. The highest BCUT2D eigenvalue weighted by Gasteiger charge is 2.76. The third-order valence-corrected chi connectivity index (χ3v) is 9.44. The van der Waals surface area contributed by atoms with Crippen molar-refractivity contribution in [2.45, 2.75) is 64.0 Å². The van der Waals surface area contributed by atoms with Gasteiger partial charge in [-0.25, -0.2) is 0 Å². The number of ketones is 2. The molecule has 2 saturated heterocycles. The van der Waals surface area contributed by atoms with Crippen LogP contribution in [0.15, 0.2) is 11.1 Å². The van der Waals surface area contributed by atoms with Crippen molar-refractivity contribution in [1.82, 2.24) is 4.90 Å². The van der Waals surface area contributed by atoms with E-state index in [1.54, 1.807) is 0 Å². The molecule has 2 bridgehead atoms. The first-order valence-electron chi connectivity index (χ1n) is 10.1. The molecule has 1 spiro atoms. The summed E-state index contributed by atoms with van der Waals surface area (Å²) in [7, 11) is 0. The highest BCUT2D eigenvalue weighted by molar-refractivity contribution is 6.06. The largest absolute Gasteiger partial charge is 0.385 e. The van der Waals surface area contributed by atoms with Crippen LogP contribution in [-0.4, -0.2) is 46.3 Å². The highest BCUT2D eigenvalue weighted by atomic mass is 16.3. The SMILES string of the molecule is C[C@@H]1CN2C[C@H]3CC[C@]4(O)CC(=O)C5=C4[C@@]4(CC5)C(=O)[C@@H]1C[C@@H]2[C@@]34C. The number of hydrogen-bond donors (Lipinski definition) is 1. The summed E-state index contributed by atoms with van der Waals surface area (Å²) in [6.45, 7) is 6.68. The van der Waals surface area contributed by atoms with Gasteiger partial charge in [0.25, 0.3) is 0 Å². The van der Waals surface area contributed by atoms with Gasteiger partial charge in [-0.3, -0.25) is 14.5 Å². The maximum atomic E-state index is 14.0. The molecule has 0 amide bonds. The minimum atomic E-state index is -1.04. The molecule has 4 heteroatoms. The molecule has 0 aromatic heterocycles. The summed E-state index contributed by atoms with van der Waals surface area (Å²) >= 11 is 0. The van der Waals surface area contributed by atoms with Crippen LogP contribution in [0.25, 0.3) is 0 Å². The number of aliphatic hydroxyl groups is 1. The Morgan fingerprint density at radius 2 is 2.00 bits per heavy atom. The van der Waals surface area contributed by atoms with Gasteiger partial charge in [0, 0.05) is 36.9 Å². The third-order valence-electron chi connectivity index (χ3n) is 9.44. The molecule has 0 radical (unpaired) electrons. The molecule has 0 unspecified atom stereocenters. The van der Waals surface area contributed by atoms with Crippen LogP contribution >= 0.6 is 0 Å². The van der Waals surface area contributed by atoms with Gasteiger partial charge in [-0.2, -0.15) is 0 Å². The van der Waals surface area contributed by atoms with E-state index in [1.165, 1.54) is 0 Å². The maximum Gasteiger partial charge on any atom is 0.162 e. The molecular weight excluding hydrogens is 314 g/mol. The molecule has 25 heavy (non-hydrogen) atoms. The molecule has 4 nitrogen and oxygen atoms in total. The van der Waals surface area contributed by atoms with Gasteiger partial charge in [0.1, 0.15) is 5.78 Å². The number of hydrogen-bond acceptors (Lipinski definition) is 4. The van der Waals surface area contributed by atoms with Crippen LogP contribution in [0.5, 0.6) is 0 Å². The molecule has 4 aliphatic carbocycles. The van der Waals surface area contributed by atoms with Crippen LogP contribution in [0.2, 0.25) is 0 Å². The second kappa shape index (κ2) is 4.12. The number of rotatable bonds is 0. The predicted molar refractivity (Wildman–Crippen MR) is 91.7 cm³/mol. The Bertz CT molecular complexity index is 771. The minimum Gasteiger partial charge on any atom is -0.385 e. The molecule has 134 valence electrons. The summed E-state index contributed by atoms with van der Waals surface area (Å²) in [5.41, 5.74) is 0.0365. The Balaban J connectivity index is 1.68. The molecule has 4 fully saturated rings. The quantitative estimate of drug-likeness (QED) is 0.733. The van der Waals surface area contributed by atoms with Crippen molar-refractivity contribution in [3.63, 3.8) is 0 Å². The fourth-order valence-corrected chi connectivity index (χ4v) is 8.44. The van der Waals surface area contributed by atoms with Gasteiger partial charge in [0.15, 0.2) is 5.78 Å². The number of allylic oxidation sites excluding steroid dienone is 1. The molecule has 2 saturated carbocycles. The monoisotopic (exact) mass is 341 g/mol. The molecule has 2 aliphatic heterocycles. The summed E-state index contributed by atoms with van der Waals surface area (Å²) in [6.07, 6.45) is 4.29. The summed E-state index contributed by atoms with van der Waals surface area (Å²) < 4.78 is 0. The summed E-state index contributed by atoms with van der Waals surface area (Å²) in [6, 6.07) is 0.446. The lowest BCUT2D eigenvalue weighted by Crippen LogP contribution is -2.65. The second-order valence-electron chi connectivity index (χ2n) is 10.1. The van der Waals surface area contributed by atoms with E-state index in [1.807, 2.05) is 0 Å². The minimum absolute atomic E-state index is 0.104. The van der Waals surface area contributed by atoms with E-state index in [0.717, 1.165) is 43.5 Å². The van der Waals surface area contributed by atoms with Crippen molar-refractivity contribution < 1.29 is 14.7 Å². The zero-order chi connectivity index (χ0) is 17.4. The van der Waals surface area contributed by atoms with Gasteiger partial charge in [-0.1, -0.05) is 13.8 Å². The third kappa shape index (κ3) is 1.34. The van der Waals surface area contributed by atoms with Crippen LogP contribution in [0.4, 0.5) is 0 Å². The topological polar surface area (TPSA) is 57.6 Å². The van der Waals surface area contributed by atoms with E-state index >= 15 is 0 Å². The van der Waals surface area contributed by atoms with E-state index in [4.69, 9.17) is 0 Å². The van der Waals surface area contributed by atoms with Gasteiger partial charge in [-0.15, -0.1) is 0 Å². The van der Waals surface area contributed by atoms with Crippen molar-refractivity contribution in [3.8, 4) is 0 Å². The average molecular weight is 341 g/mol. The molecule has 2 heterocycles.